The zero-order valence-electron chi connectivity index (χ0n) is 29.4. The second-order valence-corrected chi connectivity index (χ2v) is 12.7. The van der Waals surface area contributed by atoms with E-state index in [9.17, 15) is 4.79 Å². The van der Waals surface area contributed by atoms with Crippen molar-refractivity contribution in [2.75, 3.05) is 0 Å². The van der Waals surface area contributed by atoms with Crippen molar-refractivity contribution < 1.29 is 4.79 Å². The molecule has 252 valence electrons. The van der Waals surface area contributed by atoms with E-state index >= 15 is 0 Å². The molecule has 0 radical (unpaired) electrons. The molecule has 0 aromatic rings. The largest absolute Gasteiger partial charge is 0.369 e. The van der Waals surface area contributed by atoms with Crippen LogP contribution in [0.15, 0.2) is 72.9 Å². The van der Waals surface area contributed by atoms with Crippen LogP contribution < -0.4 is 5.73 Å². The zero-order chi connectivity index (χ0) is 32.0. The van der Waals surface area contributed by atoms with Crippen LogP contribution in [0.5, 0.6) is 0 Å². The van der Waals surface area contributed by atoms with Gasteiger partial charge in [-0.05, 0) is 51.4 Å². The predicted octanol–water partition coefficient (Wildman–Crippen LogP) is 13.6. The van der Waals surface area contributed by atoms with Gasteiger partial charge in [0.05, 0.1) is 0 Å². The number of carbonyl (C=O) groups is 1. The first kappa shape index (κ1) is 41.9. The van der Waals surface area contributed by atoms with Gasteiger partial charge in [-0.15, -0.1) is 0 Å². The van der Waals surface area contributed by atoms with E-state index in [1.165, 1.54) is 141 Å². The fourth-order valence-electron chi connectivity index (χ4n) is 5.48. The second-order valence-electron chi connectivity index (χ2n) is 12.7. The molecule has 44 heavy (non-hydrogen) atoms. The Hall–Kier alpha value is -2.09. The molecule has 0 rings (SSSR count). The number of allylic oxidation sites excluding steroid dienone is 12. The van der Waals surface area contributed by atoms with Crippen molar-refractivity contribution >= 4 is 5.91 Å². The summed E-state index contributed by atoms with van der Waals surface area (Å²) in [6.45, 7) is 4.42. The average molecular weight is 608 g/mol. The number of rotatable bonds is 33. The lowest BCUT2D eigenvalue weighted by Gasteiger charge is -2.11. The van der Waals surface area contributed by atoms with E-state index < -0.39 is 0 Å². The molecule has 1 amide bonds. The molecule has 0 aliphatic heterocycles. The van der Waals surface area contributed by atoms with Crippen LogP contribution in [0.1, 0.15) is 181 Å². The Morgan fingerprint density at radius 1 is 0.409 bits per heavy atom. The summed E-state index contributed by atoms with van der Waals surface area (Å²) in [4.78, 5) is 11.6. The van der Waals surface area contributed by atoms with Crippen molar-refractivity contribution in [2.24, 2.45) is 11.7 Å². The number of nitrogens with two attached hydrogens (primary N) is 1. The zero-order valence-corrected chi connectivity index (χ0v) is 29.4. The van der Waals surface area contributed by atoms with Crippen molar-refractivity contribution in [3.05, 3.63) is 72.9 Å². The second kappa shape index (κ2) is 37.1. The van der Waals surface area contributed by atoms with Gasteiger partial charge in [-0.3, -0.25) is 4.79 Å². The number of amides is 1. The highest BCUT2D eigenvalue weighted by Gasteiger charge is 2.13. The van der Waals surface area contributed by atoms with Crippen molar-refractivity contribution in [1.29, 1.82) is 0 Å². The molecule has 0 saturated carbocycles. The van der Waals surface area contributed by atoms with E-state index in [1.54, 1.807) is 0 Å². The van der Waals surface area contributed by atoms with E-state index in [0.717, 1.165) is 25.7 Å². The summed E-state index contributed by atoms with van der Waals surface area (Å²) in [5, 5.41) is 0. The number of primary amides is 1. The molecule has 2 nitrogen and oxygen atoms in total. The van der Waals surface area contributed by atoms with Crippen LogP contribution in [0.2, 0.25) is 0 Å². The van der Waals surface area contributed by atoms with Crippen LogP contribution in [-0.2, 0) is 4.79 Å². The summed E-state index contributed by atoms with van der Waals surface area (Å²) in [6, 6.07) is 0. The van der Waals surface area contributed by atoms with Crippen LogP contribution in [0, 0.1) is 5.92 Å². The molecular weight excluding hydrogens is 534 g/mol. The van der Waals surface area contributed by atoms with Gasteiger partial charge in [0.15, 0.2) is 0 Å². The van der Waals surface area contributed by atoms with Gasteiger partial charge in [-0.2, -0.15) is 0 Å². The van der Waals surface area contributed by atoms with Crippen LogP contribution in [0.4, 0.5) is 0 Å². The van der Waals surface area contributed by atoms with E-state index in [4.69, 9.17) is 5.73 Å². The maximum Gasteiger partial charge on any atom is 0.220 e. The lowest BCUT2D eigenvalue weighted by Crippen LogP contribution is -2.23. The number of hydrogen-bond acceptors (Lipinski definition) is 1. The Bertz CT molecular complexity index is 769. The quantitative estimate of drug-likeness (QED) is 0.0450. The van der Waals surface area contributed by atoms with Crippen LogP contribution in [-0.4, -0.2) is 5.91 Å². The molecule has 0 aromatic heterocycles. The first-order chi connectivity index (χ1) is 21.7. The molecule has 0 aromatic carbocycles. The van der Waals surface area contributed by atoms with Gasteiger partial charge in [0.2, 0.25) is 5.91 Å². The highest BCUT2D eigenvalue weighted by molar-refractivity contribution is 5.76. The minimum atomic E-state index is -0.112. The number of unbranched alkanes of at least 4 members (excludes halogenated alkanes) is 20. The van der Waals surface area contributed by atoms with Gasteiger partial charge in [0.1, 0.15) is 0 Å². The van der Waals surface area contributed by atoms with Gasteiger partial charge in [0, 0.05) is 5.92 Å². The molecule has 0 saturated heterocycles. The van der Waals surface area contributed by atoms with Gasteiger partial charge in [-0.1, -0.05) is 202 Å². The molecule has 0 spiro atoms. The molecule has 2 N–H and O–H groups in total. The molecule has 1 atom stereocenters. The maximum atomic E-state index is 11.6. The van der Waals surface area contributed by atoms with Gasteiger partial charge >= 0.3 is 0 Å². The Kier molecular flexibility index (Phi) is 35.3. The van der Waals surface area contributed by atoms with E-state index in [1.807, 2.05) is 0 Å². The standard InChI is InChI=1S/C42H73NO/c1-3-5-7-8-9-10-11-12-13-14-15-16-17-18-19-20-21-22-23-24-25-26-27-28-29-30-31-32-33-34-35-36-38-40-41(42(43)44)39-37-6-4-2/h8-17,35-36,41H,3-7,18-34,37-40H2,1-2H3,(H2,43,44). The summed E-state index contributed by atoms with van der Waals surface area (Å²) < 4.78 is 0. The van der Waals surface area contributed by atoms with E-state index in [-0.39, 0.29) is 11.8 Å². The summed E-state index contributed by atoms with van der Waals surface area (Å²) in [5.74, 6) is -0.0456. The summed E-state index contributed by atoms with van der Waals surface area (Å²) in [7, 11) is 0. The van der Waals surface area contributed by atoms with Crippen LogP contribution >= 0.6 is 0 Å². The van der Waals surface area contributed by atoms with Crippen LogP contribution in [0.25, 0.3) is 0 Å². The maximum absolute atomic E-state index is 11.6. The third-order valence-corrected chi connectivity index (χ3v) is 8.42. The molecule has 0 aliphatic rings. The lowest BCUT2D eigenvalue weighted by molar-refractivity contribution is -0.122. The van der Waals surface area contributed by atoms with Crippen molar-refractivity contribution in [1.82, 2.24) is 0 Å². The minimum absolute atomic E-state index is 0.0669. The van der Waals surface area contributed by atoms with Crippen molar-refractivity contribution in [3.8, 4) is 0 Å². The van der Waals surface area contributed by atoms with Crippen LogP contribution in [0.3, 0.4) is 0 Å². The topological polar surface area (TPSA) is 43.1 Å². The van der Waals surface area contributed by atoms with Gasteiger partial charge in [0.25, 0.3) is 0 Å². The lowest BCUT2D eigenvalue weighted by atomic mass is 9.95. The third-order valence-electron chi connectivity index (χ3n) is 8.42. The van der Waals surface area contributed by atoms with Crippen molar-refractivity contribution in [3.63, 3.8) is 0 Å². The number of carbonyl (C=O) groups excluding carboxylic acids is 1. The smallest absolute Gasteiger partial charge is 0.220 e. The fourth-order valence-corrected chi connectivity index (χ4v) is 5.48. The Balaban J connectivity index is 3.37. The highest BCUT2D eigenvalue weighted by atomic mass is 16.1. The van der Waals surface area contributed by atoms with E-state index in [0.29, 0.717) is 0 Å². The molecular formula is C42H73NO. The summed E-state index contributed by atoms with van der Waals surface area (Å²) >= 11 is 0. The Morgan fingerprint density at radius 3 is 1.20 bits per heavy atom. The predicted molar refractivity (Wildman–Crippen MR) is 199 cm³/mol. The van der Waals surface area contributed by atoms with Gasteiger partial charge < -0.3 is 5.73 Å². The normalized spacial score (nSPS) is 13.3. The fraction of sp³-hybridized carbons (Fsp3) is 0.690. The SMILES string of the molecule is CCCCC=CC=CC=CC=CC=CCCCCCCCCCCCCCCCCCC=CCCC(CCCCC)C(N)=O. The molecule has 0 aliphatic carbocycles. The van der Waals surface area contributed by atoms with E-state index in [2.05, 4.69) is 86.8 Å². The third kappa shape index (κ3) is 34.4. The Morgan fingerprint density at radius 2 is 0.773 bits per heavy atom. The minimum Gasteiger partial charge on any atom is -0.369 e. The number of hydrogen-bond donors (Lipinski definition) is 1. The molecule has 1 unspecified atom stereocenters. The molecule has 0 bridgehead atoms. The van der Waals surface area contributed by atoms with Crippen molar-refractivity contribution in [2.45, 2.75) is 181 Å². The summed E-state index contributed by atoms with van der Waals surface area (Å²) in [6.07, 6.45) is 59.5. The summed E-state index contributed by atoms with van der Waals surface area (Å²) in [5.41, 5.74) is 5.57. The highest BCUT2D eigenvalue weighted by Crippen LogP contribution is 2.17. The average Bonchev–Trinajstić information content (AvgIpc) is 3.02. The van der Waals surface area contributed by atoms with Gasteiger partial charge in [-0.25, -0.2) is 0 Å². The molecule has 2 heteroatoms. The first-order valence-electron chi connectivity index (χ1n) is 19.0. The monoisotopic (exact) mass is 608 g/mol. The first-order valence-corrected chi connectivity index (χ1v) is 19.0. The molecule has 0 heterocycles. The Labute approximate surface area is 275 Å². The molecule has 0 fully saturated rings.